The SMILES string of the molecule is O=C(Nc1cccc(Cl)c1)N[C@H]1C[C@H]2C(=O)N[C@@H](Cc3ccc(O)cc3)C(=O)N2C1. The Kier molecular flexibility index (Phi) is 5.50. The molecular formula is C21H21ClN4O4. The van der Waals surface area contributed by atoms with Gasteiger partial charge in [0.25, 0.3) is 0 Å². The summed E-state index contributed by atoms with van der Waals surface area (Å²) in [5, 5.41) is 18.2. The molecular weight excluding hydrogens is 408 g/mol. The molecule has 2 heterocycles. The lowest BCUT2D eigenvalue weighted by Crippen LogP contribution is -2.61. The van der Waals surface area contributed by atoms with Gasteiger partial charge in [-0.25, -0.2) is 4.79 Å². The Bertz CT molecular complexity index is 981. The van der Waals surface area contributed by atoms with Gasteiger partial charge in [0.05, 0.1) is 6.04 Å². The minimum Gasteiger partial charge on any atom is -0.508 e. The van der Waals surface area contributed by atoms with Crippen molar-refractivity contribution < 1.29 is 19.5 Å². The highest BCUT2D eigenvalue weighted by molar-refractivity contribution is 6.30. The first kappa shape index (κ1) is 20.0. The van der Waals surface area contributed by atoms with Gasteiger partial charge in [0.15, 0.2) is 0 Å². The Morgan fingerprint density at radius 1 is 1.20 bits per heavy atom. The number of anilines is 1. The van der Waals surface area contributed by atoms with Gasteiger partial charge in [-0.05, 0) is 42.3 Å². The Morgan fingerprint density at radius 3 is 2.70 bits per heavy atom. The third-order valence-electron chi connectivity index (χ3n) is 5.30. The van der Waals surface area contributed by atoms with Crippen LogP contribution in [0, 0.1) is 0 Å². The van der Waals surface area contributed by atoms with Crippen molar-refractivity contribution in [1.82, 2.24) is 15.5 Å². The molecule has 0 spiro atoms. The number of nitrogens with zero attached hydrogens (tertiary/aromatic N) is 1. The van der Waals surface area contributed by atoms with Gasteiger partial charge in [-0.2, -0.15) is 0 Å². The summed E-state index contributed by atoms with van der Waals surface area (Å²) in [6, 6.07) is 11.3. The number of phenolic OH excluding ortho intramolecular Hbond substituents is 1. The summed E-state index contributed by atoms with van der Waals surface area (Å²) in [4.78, 5) is 39.3. The third-order valence-corrected chi connectivity index (χ3v) is 5.53. The topological polar surface area (TPSA) is 111 Å². The van der Waals surface area contributed by atoms with E-state index in [2.05, 4.69) is 16.0 Å². The van der Waals surface area contributed by atoms with E-state index in [0.29, 0.717) is 23.6 Å². The molecule has 0 unspecified atom stereocenters. The highest BCUT2D eigenvalue weighted by Gasteiger charge is 2.46. The number of amides is 4. The number of piperazine rings is 1. The number of nitrogens with one attached hydrogen (secondary N) is 3. The molecule has 0 aliphatic carbocycles. The molecule has 9 heteroatoms. The van der Waals surface area contributed by atoms with Crippen LogP contribution in [0.1, 0.15) is 12.0 Å². The molecule has 8 nitrogen and oxygen atoms in total. The minimum atomic E-state index is -0.669. The van der Waals surface area contributed by atoms with E-state index < -0.39 is 18.1 Å². The predicted octanol–water partition coefficient (Wildman–Crippen LogP) is 1.88. The van der Waals surface area contributed by atoms with Crippen LogP contribution >= 0.6 is 11.6 Å². The fourth-order valence-electron chi connectivity index (χ4n) is 3.89. The fourth-order valence-corrected chi connectivity index (χ4v) is 4.08. The van der Waals surface area contributed by atoms with E-state index >= 15 is 0 Å². The summed E-state index contributed by atoms with van der Waals surface area (Å²) in [6.07, 6.45) is 0.688. The van der Waals surface area contributed by atoms with Gasteiger partial charge in [-0.1, -0.05) is 29.8 Å². The lowest BCUT2D eigenvalue weighted by Gasteiger charge is -2.34. The number of hydrogen-bond donors (Lipinski definition) is 4. The number of benzene rings is 2. The van der Waals surface area contributed by atoms with Gasteiger partial charge in [0.1, 0.15) is 17.8 Å². The lowest BCUT2D eigenvalue weighted by molar-refractivity contribution is -0.147. The standard InChI is InChI=1S/C21H21ClN4O4/c22-13-2-1-3-14(9-13)23-21(30)24-15-10-18-19(28)25-17(20(29)26(18)11-15)8-12-4-6-16(27)7-5-12/h1-7,9,15,17-18,27H,8,10-11H2,(H,25,28)(H2,23,24,30)/t15-,17-,18-/m0/s1. The van der Waals surface area contributed by atoms with Gasteiger partial charge in [-0.3, -0.25) is 9.59 Å². The number of phenols is 1. The summed E-state index contributed by atoms with van der Waals surface area (Å²) in [5.74, 6) is -0.257. The summed E-state index contributed by atoms with van der Waals surface area (Å²) in [5.41, 5.74) is 1.39. The molecule has 4 amide bonds. The van der Waals surface area contributed by atoms with Crippen LogP contribution in [0.4, 0.5) is 10.5 Å². The second-order valence-electron chi connectivity index (χ2n) is 7.48. The molecule has 0 bridgehead atoms. The molecule has 2 aromatic carbocycles. The third kappa shape index (κ3) is 4.33. The van der Waals surface area contributed by atoms with Gasteiger partial charge >= 0.3 is 6.03 Å². The average Bonchev–Trinajstić information content (AvgIpc) is 3.12. The van der Waals surface area contributed by atoms with Gasteiger partial charge in [0, 0.05) is 23.7 Å². The monoisotopic (exact) mass is 428 g/mol. The maximum Gasteiger partial charge on any atom is 0.319 e. The molecule has 156 valence electrons. The zero-order valence-electron chi connectivity index (χ0n) is 16.0. The maximum atomic E-state index is 12.9. The second kappa shape index (κ2) is 8.23. The molecule has 4 N–H and O–H groups in total. The van der Waals surface area contributed by atoms with Gasteiger partial charge in [-0.15, -0.1) is 0 Å². The van der Waals surface area contributed by atoms with Crippen LogP contribution in [0.25, 0.3) is 0 Å². The summed E-state index contributed by atoms with van der Waals surface area (Å²) >= 11 is 5.92. The van der Waals surface area contributed by atoms with Crippen molar-refractivity contribution in [2.75, 3.05) is 11.9 Å². The molecule has 2 fully saturated rings. The van der Waals surface area contributed by atoms with Crippen molar-refractivity contribution in [1.29, 1.82) is 0 Å². The summed E-state index contributed by atoms with van der Waals surface area (Å²) < 4.78 is 0. The van der Waals surface area contributed by atoms with Crippen molar-refractivity contribution >= 4 is 35.1 Å². The molecule has 0 aromatic heterocycles. The van der Waals surface area contributed by atoms with E-state index in [-0.39, 0.29) is 30.2 Å². The van der Waals surface area contributed by atoms with Crippen LogP contribution in [0.2, 0.25) is 5.02 Å². The van der Waals surface area contributed by atoms with Crippen molar-refractivity contribution in [2.24, 2.45) is 0 Å². The van der Waals surface area contributed by atoms with Crippen LogP contribution in [0.5, 0.6) is 5.75 Å². The second-order valence-corrected chi connectivity index (χ2v) is 7.92. The van der Waals surface area contributed by atoms with Crippen molar-refractivity contribution in [3.63, 3.8) is 0 Å². The molecule has 2 aliphatic rings. The first-order valence-electron chi connectivity index (χ1n) is 9.61. The highest BCUT2D eigenvalue weighted by atomic mass is 35.5. The van der Waals surface area contributed by atoms with Gasteiger partial charge < -0.3 is 26.0 Å². The molecule has 4 rings (SSSR count). The first-order chi connectivity index (χ1) is 14.4. The van der Waals surface area contributed by atoms with Crippen molar-refractivity contribution in [3.8, 4) is 5.75 Å². The molecule has 2 aromatic rings. The van der Waals surface area contributed by atoms with E-state index in [9.17, 15) is 19.5 Å². The number of urea groups is 1. The Morgan fingerprint density at radius 2 is 1.97 bits per heavy atom. The first-order valence-corrected chi connectivity index (χ1v) is 9.98. The number of aromatic hydroxyl groups is 1. The summed E-state index contributed by atoms with van der Waals surface area (Å²) in [6.45, 7) is 0.270. The Labute approximate surface area is 178 Å². The highest BCUT2D eigenvalue weighted by Crippen LogP contribution is 2.24. The van der Waals surface area contributed by atoms with E-state index in [4.69, 9.17) is 11.6 Å². The van der Waals surface area contributed by atoms with Crippen molar-refractivity contribution in [2.45, 2.75) is 31.0 Å². The average molecular weight is 429 g/mol. The number of rotatable bonds is 4. The predicted molar refractivity (Wildman–Crippen MR) is 111 cm³/mol. The Hall–Kier alpha value is -3.26. The van der Waals surface area contributed by atoms with Gasteiger partial charge in [0.2, 0.25) is 11.8 Å². The Balaban J connectivity index is 1.37. The number of carbonyl (C=O) groups is 3. The number of carbonyl (C=O) groups excluding carboxylic acids is 3. The number of fused-ring (bicyclic) bond motifs is 1. The van der Waals surface area contributed by atoms with Crippen LogP contribution in [-0.2, 0) is 16.0 Å². The smallest absolute Gasteiger partial charge is 0.319 e. The fraction of sp³-hybridized carbons (Fsp3) is 0.286. The number of halogens is 1. The quantitative estimate of drug-likeness (QED) is 0.595. The van der Waals surface area contributed by atoms with Crippen LogP contribution in [0.15, 0.2) is 48.5 Å². The molecule has 3 atom stereocenters. The lowest BCUT2D eigenvalue weighted by atomic mass is 10.0. The van der Waals surface area contributed by atoms with Crippen LogP contribution in [0.3, 0.4) is 0 Å². The van der Waals surface area contributed by atoms with Crippen molar-refractivity contribution in [3.05, 3.63) is 59.1 Å². The molecule has 2 saturated heterocycles. The molecule has 2 aliphatic heterocycles. The normalized spacial score (nSPS) is 23.0. The van der Waals surface area contributed by atoms with Crippen LogP contribution in [-0.4, -0.2) is 52.5 Å². The molecule has 30 heavy (non-hydrogen) atoms. The molecule has 0 saturated carbocycles. The maximum absolute atomic E-state index is 12.9. The van der Waals surface area contributed by atoms with E-state index in [1.165, 1.54) is 4.90 Å². The van der Waals surface area contributed by atoms with Crippen LogP contribution < -0.4 is 16.0 Å². The summed E-state index contributed by atoms with van der Waals surface area (Å²) in [7, 11) is 0. The number of hydrogen-bond acceptors (Lipinski definition) is 4. The largest absolute Gasteiger partial charge is 0.508 e. The zero-order chi connectivity index (χ0) is 21.3. The zero-order valence-corrected chi connectivity index (χ0v) is 16.7. The van der Waals surface area contributed by atoms with E-state index in [0.717, 1.165) is 5.56 Å². The van der Waals surface area contributed by atoms with E-state index in [1.54, 1.807) is 48.5 Å². The van der Waals surface area contributed by atoms with E-state index in [1.807, 2.05) is 0 Å². The molecule has 0 radical (unpaired) electrons. The minimum absolute atomic E-state index is 0.141.